The monoisotopic (exact) mass is 341 g/mol. The molecule has 4 rings (SSSR count). The number of hydrogen-bond acceptors (Lipinski definition) is 3. The summed E-state index contributed by atoms with van der Waals surface area (Å²) >= 11 is 0. The van der Waals surface area contributed by atoms with Crippen molar-refractivity contribution in [2.45, 2.75) is 0 Å². The van der Waals surface area contributed by atoms with Crippen LogP contribution in [0.4, 0.5) is 5.69 Å². The van der Waals surface area contributed by atoms with Crippen LogP contribution in [0.3, 0.4) is 0 Å². The van der Waals surface area contributed by atoms with Crippen molar-refractivity contribution in [3.63, 3.8) is 0 Å². The third-order valence-electron chi connectivity index (χ3n) is 4.15. The van der Waals surface area contributed by atoms with Gasteiger partial charge in [-0.25, -0.2) is 0 Å². The number of benzene rings is 3. The van der Waals surface area contributed by atoms with E-state index in [-0.39, 0.29) is 12.5 Å². The number of aromatic amines is 1. The van der Waals surface area contributed by atoms with Crippen LogP contribution in [0.25, 0.3) is 21.8 Å². The van der Waals surface area contributed by atoms with E-state index < -0.39 is 0 Å². The summed E-state index contributed by atoms with van der Waals surface area (Å²) < 4.78 is 5.60. The molecule has 0 spiro atoms. The lowest BCUT2D eigenvalue weighted by molar-refractivity contribution is -0.118. The van der Waals surface area contributed by atoms with Crippen LogP contribution in [-0.2, 0) is 4.79 Å². The van der Waals surface area contributed by atoms with E-state index in [0.717, 1.165) is 21.8 Å². The highest BCUT2D eigenvalue weighted by Gasteiger charge is 2.07. The molecule has 0 saturated heterocycles. The van der Waals surface area contributed by atoms with E-state index in [4.69, 9.17) is 10.00 Å². The van der Waals surface area contributed by atoms with Gasteiger partial charge in [0, 0.05) is 28.0 Å². The Morgan fingerprint density at radius 3 is 2.58 bits per heavy atom. The van der Waals surface area contributed by atoms with Gasteiger partial charge in [-0.2, -0.15) is 5.26 Å². The molecule has 0 aliphatic rings. The number of rotatable bonds is 4. The Morgan fingerprint density at radius 1 is 1.00 bits per heavy atom. The molecule has 126 valence electrons. The molecule has 4 aromatic rings. The van der Waals surface area contributed by atoms with Crippen LogP contribution in [0.15, 0.2) is 66.7 Å². The number of hydrogen-bond donors (Lipinski definition) is 2. The number of nitrogens with one attached hydrogen (secondary N) is 2. The first-order valence-electron chi connectivity index (χ1n) is 8.16. The smallest absolute Gasteiger partial charge is 0.262 e. The average molecular weight is 341 g/mol. The molecule has 0 aliphatic heterocycles. The van der Waals surface area contributed by atoms with Gasteiger partial charge in [-0.1, -0.05) is 18.2 Å². The van der Waals surface area contributed by atoms with Crippen molar-refractivity contribution in [1.82, 2.24) is 4.98 Å². The van der Waals surface area contributed by atoms with E-state index in [1.165, 1.54) is 0 Å². The second kappa shape index (κ2) is 6.61. The van der Waals surface area contributed by atoms with Gasteiger partial charge in [0.05, 0.1) is 17.1 Å². The first-order chi connectivity index (χ1) is 12.7. The molecule has 0 atom stereocenters. The number of anilines is 1. The number of nitriles is 1. The molecule has 5 heteroatoms. The SMILES string of the molecule is N#Cc1ccc(NC(=O)COc2ccc3c(c2)[nH]c2ccccc23)cc1. The number of amides is 1. The zero-order chi connectivity index (χ0) is 17.9. The van der Waals surface area contributed by atoms with Crippen LogP contribution in [0.2, 0.25) is 0 Å². The van der Waals surface area contributed by atoms with Gasteiger partial charge in [0.2, 0.25) is 0 Å². The molecule has 26 heavy (non-hydrogen) atoms. The van der Waals surface area contributed by atoms with Crippen LogP contribution < -0.4 is 10.1 Å². The lowest BCUT2D eigenvalue weighted by atomic mass is 10.1. The quantitative estimate of drug-likeness (QED) is 0.584. The molecular formula is C21H15N3O2. The number of ether oxygens (including phenoxy) is 1. The summed E-state index contributed by atoms with van der Waals surface area (Å²) in [5, 5.41) is 13.8. The predicted molar refractivity (Wildman–Crippen MR) is 101 cm³/mol. The molecule has 1 heterocycles. The third kappa shape index (κ3) is 3.08. The van der Waals surface area contributed by atoms with Gasteiger partial charge < -0.3 is 15.0 Å². The van der Waals surface area contributed by atoms with Crippen molar-refractivity contribution >= 4 is 33.4 Å². The highest BCUT2D eigenvalue weighted by atomic mass is 16.5. The largest absolute Gasteiger partial charge is 0.484 e. The second-order valence-electron chi connectivity index (χ2n) is 5.90. The van der Waals surface area contributed by atoms with E-state index in [9.17, 15) is 4.79 Å². The Balaban J connectivity index is 1.44. The molecule has 0 saturated carbocycles. The number of carbonyl (C=O) groups is 1. The standard InChI is InChI=1S/C21H15N3O2/c22-12-14-5-7-15(8-6-14)23-21(25)13-26-16-9-10-18-17-3-1-2-4-19(17)24-20(18)11-16/h1-11,24H,13H2,(H,23,25). The summed E-state index contributed by atoms with van der Waals surface area (Å²) in [5.41, 5.74) is 3.21. The maximum atomic E-state index is 12.0. The van der Waals surface area contributed by atoms with Crippen molar-refractivity contribution < 1.29 is 9.53 Å². The number of aromatic nitrogens is 1. The fourth-order valence-electron chi connectivity index (χ4n) is 2.90. The van der Waals surface area contributed by atoms with Crippen molar-refractivity contribution in [1.29, 1.82) is 5.26 Å². The predicted octanol–water partition coefficient (Wildman–Crippen LogP) is 4.21. The third-order valence-corrected chi connectivity index (χ3v) is 4.15. The normalized spacial score (nSPS) is 10.6. The van der Waals surface area contributed by atoms with Gasteiger partial charge in [0.15, 0.2) is 6.61 Å². The lowest BCUT2D eigenvalue weighted by Crippen LogP contribution is -2.20. The van der Waals surface area contributed by atoms with E-state index in [1.807, 2.05) is 42.5 Å². The van der Waals surface area contributed by atoms with E-state index in [1.54, 1.807) is 24.3 Å². The van der Waals surface area contributed by atoms with E-state index in [0.29, 0.717) is 17.0 Å². The van der Waals surface area contributed by atoms with Gasteiger partial charge >= 0.3 is 0 Å². The highest BCUT2D eigenvalue weighted by Crippen LogP contribution is 2.28. The fraction of sp³-hybridized carbons (Fsp3) is 0.0476. The molecule has 5 nitrogen and oxygen atoms in total. The first kappa shape index (κ1) is 15.7. The minimum absolute atomic E-state index is 0.0915. The minimum Gasteiger partial charge on any atom is -0.484 e. The Morgan fingerprint density at radius 2 is 1.77 bits per heavy atom. The zero-order valence-electron chi connectivity index (χ0n) is 13.8. The first-order valence-corrected chi connectivity index (χ1v) is 8.16. The molecule has 0 aliphatic carbocycles. The Bertz CT molecular complexity index is 1140. The van der Waals surface area contributed by atoms with Gasteiger partial charge in [-0.15, -0.1) is 0 Å². The van der Waals surface area contributed by atoms with Crippen molar-refractivity contribution in [3.05, 3.63) is 72.3 Å². The van der Waals surface area contributed by atoms with Crippen LogP contribution >= 0.6 is 0 Å². The van der Waals surface area contributed by atoms with Gasteiger partial charge in [0.25, 0.3) is 5.91 Å². The molecule has 3 aromatic carbocycles. The van der Waals surface area contributed by atoms with Crippen molar-refractivity contribution in [2.24, 2.45) is 0 Å². The zero-order valence-corrected chi connectivity index (χ0v) is 13.8. The molecule has 0 fully saturated rings. The molecule has 0 bridgehead atoms. The number of para-hydroxylation sites is 1. The summed E-state index contributed by atoms with van der Waals surface area (Å²) in [6.45, 7) is -0.0915. The summed E-state index contributed by atoms with van der Waals surface area (Å²) in [6.07, 6.45) is 0. The van der Waals surface area contributed by atoms with E-state index in [2.05, 4.69) is 16.4 Å². The van der Waals surface area contributed by atoms with Crippen molar-refractivity contribution in [2.75, 3.05) is 11.9 Å². The molecule has 2 N–H and O–H groups in total. The minimum atomic E-state index is -0.258. The van der Waals surface area contributed by atoms with Gasteiger partial charge in [-0.05, 0) is 42.5 Å². The number of H-pyrrole nitrogens is 1. The van der Waals surface area contributed by atoms with Crippen LogP contribution in [0.5, 0.6) is 5.75 Å². The second-order valence-corrected chi connectivity index (χ2v) is 5.90. The number of carbonyl (C=O) groups excluding carboxylic acids is 1. The Kier molecular flexibility index (Phi) is 4.00. The number of nitrogens with zero attached hydrogens (tertiary/aromatic N) is 1. The number of fused-ring (bicyclic) bond motifs is 3. The maximum Gasteiger partial charge on any atom is 0.262 e. The maximum absolute atomic E-state index is 12.0. The molecule has 0 unspecified atom stereocenters. The Hall–Kier alpha value is -3.78. The summed E-state index contributed by atoms with van der Waals surface area (Å²) in [6, 6.07) is 22.6. The summed E-state index contributed by atoms with van der Waals surface area (Å²) in [7, 11) is 0. The van der Waals surface area contributed by atoms with Crippen LogP contribution in [-0.4, -0.2) is 17.5 Å². The van der Waals surface area contributed by atoms with Crippen LogP contribution in [0, 0.1) is 11.3 Å². The molecular weight excluding hydrogens is 326 g/mol. The summed E-state index contributed by atoms with van der Waals surface area (Å²) in [5.74, 6) is 0.366. The fourth-order valence-corrected chi connectivity index (χ4v) is 2.90. The summed E-state index contributed by atoms with van der Waals surface area (Å²) in [4.78, 5) is 15.4. The van der Waals surface area contributed by atoms with E-state index >= 15 is 0 Å². The molecule has 1 aromatic heterocycles. The lowest BCUT2D eigenvalue weighted by Gasteiger charge is -2.07. The van der Waals surface area contributed by atoms with Gasteiger partial charge in [0.1, 0.15) is 5.75 Å². The highest BCUT2D eigenvalue weighted by molar-refractivity contribution is 6.07. The van der Waals surface area contributed by atoms with Gasteiger partial charge in [-0.3, -0.25) is 4.79 Å². The van der Waals surface area contributed by atoms with Crippen molar-refractivity contribution in [3.8, 4) is 11.8 Å². The van der Waals surface area contributed by atoms with Crippen LogP contribution in [0.1, 0.15) is 5.56 Å². The molecule has 1 amide bonds. The topological polar surface area (TPSA) is 77.9 Å². The molecule has 0 radical (unpaired) electrons. The Labute approximate surface area is 149 Å². The average Bonchev–Trinajstić information content (AvgIpc) is 3.05.